The number of hydrogen-bond acceptors (Lipinski definition) is 3. The second-order valence-electron chi connectivity index (χ2n) is 7.47. The first-order valence-corrected chi connectivity index (χ1v) is 9.88. The van der Waals surface area contributed by atoms with Gasteiger partial charge in [-0.25, -0.2) is 4.98 Å². The van der Waals surface area contributed by atoms with Crippen LogP contribution in [0.2, 0.25) is 0 Å². The van der Waals surface area contributed by atoms with Crippen molar-refractivity contribution in [3.05, 3.63) is 71.4 Å². The second-order valence-corrected chi connectivity index (χ2v) is 7.47. The summed E-state index contributed by atoms with van der Waals surface area (Å²) in [5.74, 6) is -0.0587. The second kappa shape index (κ2) is 7.91. The lowest BCUT2D eigenvalue weighted by Crippen LogP contribution is -2.21. The highest BCUT2D eigenvalue weighted by molar-refractivity contribution is 6.01. The fraction of sp³-hybridized carbons (Fsp3) is 0.261. The molecule has 0 saturated carbocycles. The highest BCUT2D eigenvalue weighted by Gasteiger charge is 2.10. The van der Waals surface area contributed by atoms with Gasteiger partial charge in [0.15, 0.2) is 0 Å². The van der Waals surface area contributed by atoms with Crippen LogP contribution in [0.5, 0.6) is 0 Å². The van der Waals surface area contributed by atoms with E-state index in [2.05, 4.69) is 34.8 Å². The molecule has 1 N–H and O–H groups in total. The maximum Gasteiger partial charge on any atom is 0.261 e. The summed E-state index contributed by atoms with van der Waals surface area (Å²) in [6.07, 6.45) is 4.50. The first-order valence-electron chi connectivity index (χ1n) is 9.88. The Morgan fingerprint density at radius 1 is 1.07 bits per heavy atom. The Morgan fingerprint density at radius 3 is 2.72 bits per heavy atom. The van der Waals surface area contributed by atoms with E-state index in [1.807, 2.05) is 42.6 Å². The molecule has 0 fully saturated rings. The van der Waals surface area contributed by atoms with Gasteiger partial charge in [0.25, 0.3) is 5.56 Å². The van der Waals surface area contributed by atoms with Crippen molar-refractivity contribution in [3.63, 3.8) is 0 Å². The Bertz CT molecular complexity index is 1240. The molecular formula is C23H24N4O2. The monoisotopic (exact) mass is 388 g/mol. The predicted octanol–water partition coefficient (Wildman–Crippen LogP) is 4.35. The average molecular weight is 388 g/mol. The van der Waals surface area contributed by atoms with E-state index in [1.165, 1.54) is 0 Å². The molecule has 4 rings (SSSR count). The van der Waals surface area contributed by atoms with Crippen molar-refractivity contribution >= 4 is 33.4 Å². The van der Waals surface area contributed by atoms with E-state index in [9.17, 15) is 9.59 Å². The van der Waals surface area contributed by atoms with Crippen LogP contribution in [0.1, 0.15) is 32.7 Å². The van der Waals surface area contributed by atoms with Crippen LogP contribution in [0.15, 0.2) is 65.8 Å². The van der Waals surface area contributed by atoms with E-state index < -0.39 is 0 Å². The van der Waals surface area contributed by atoms with Crippen LogP contribution in [-0.2, 0) is 11.3 Å². The van der Waals surface area contributed by atoms with Gasteiger partial charge >= 0.3 is 0 Å². The first-order chi connectivity index (χ1) is 14.0. The van der Waals surface area contributed by atoms with Crippen LogP contribution in [-0.4, -0.2) is 20.0 Å². The van der Waals surface area contributed by atoms with Gasteiger partial charge < -0.3 is 9.88 Å². The summed E-state index contributed by atoms with van der Waals surface area (Å²) in [7, 11) is 0. The molecule has 2 aromatic carbocycles. The highest BCUT2D eigenvalue weighted by atomic mass is 16.1. The highest BCUT2D eigenvalue weighted by Crippen LogP contribution is 2.27. The summed E-state index contributed by atoms with van der Waals surface area (Å²) in [5, 5.41) is 4.64. The summed E-state index contributed by atoms with van der Waals surface area (Å²) in [5.41, 5.74) is 2.53. The van der Waals surface area contributed by atoms with Crippen molar-refractivity contribution in [2.24, 2.45) is 0 Å². The molecule has 0 saturated heterocycles. The van der Waals surface area contributed by atoms with Crippen LogP contribution in [0.25, 0.3) is 21.8 Å². The Morgan fingerprint density at radius 2 is 1.90 bits per heavy atom. The van der Waals surface area contributed by atoms with Gasteiger partial charge in [0.2, 0.25) is 5.91 Å². The standard InChI is InChI=1S/C23H24N4O2/c1-16(2)27-14-12-17-20(9-5-10-21(17)27)25-22(28)11-6-13-26-15-24-19-8-4-3-7-18(19)23(26)29/h3-5,7-10,12,14-16H,6,11,13H2,1-2H3,(H,25,28). The van der Waals surface area contributed by atoms with Crippen LogP contribution in [0, 0.1) is 0 Å². The third-order valence-electron chi connectivity index (χ3n) is 5.13. The molecule has 0 unspecified atom stereocenters. The molecule has 6 heteroatoms. The van der Waals surface area contributed by atoms with Crippen molar-refractivity contribution in [2.45, 2.75) is 39.3 Å². The lowest BCUT2D eigenvalue weighted by Gasteiger charge is -2.11. The molecular weight excluding hydrogens is 364 g/mol. The molecule has 0 radical (unpaired) electrons. The summed E-state index contributed by atoms with van der Waals surface area (Å²) >= 11 is 0. The van der Waals surface area contributed by atoms with Gasteiger partial charge in [0.05, 0.1) is 28.4 Å². The zero-order chi connectivity index (χ0) is 20.4. The van der Waals surface area contributed by atoms with Crippen molar-refractivity contribution in [3.8, 4) is 0 Å². The summed E-state index contributed by atoms with van der Waals surface area (Å²) in [6, 6.07) is 15.6. The fourth-order valence-electron chi connectivity index (χ4n) is 3.64. The van der Waals surface area contributed by atoms with Crippen molar-refractivity contribution in [1.82, 2.24) is 14.1 Å². The van der Waals surface area contributed by atoms with Gasteiger partial charge in [0.1, 0.15) is 0 Å². The zero-order valence-electron chi connectivity index (χ0n) is 16.6. The van der Waals surface area contributed by atoms with Gasteiger partial charge in [-0.3, -0.25) is 14.2 Å². The number of carbonyl (C=O) groups excluding carboxylic acids is 1. The molecule has 6 nitrogen and oxygen atoms in total. The normalized spacial score (nSPS) is 11.4. The molecule has 0 aliphatic carbocycles. The lowest BCUT2D eigenvalue weighted by molar-refractivity contribution is -0.116. The minimum Gasteiger partial charge on any atom is -0.345 e. The third kappa shape index (κ3) is 3.78. The van der Waals surface area contributed by atoms with E-state index in [-0.39, 0.29) is 11.5 Å². The largest absolute Gasteiger partial charge is 0.345 e. The van der Waals surface area contributed by atoms with Crippen LogP contribution in [0.4, 0.5) is 5.69 Å². The van der Waals surface area contributed by atoms with Gasteiger partial charge in [0, 0.05) is 30.6 Å². The molecule has 0 atom stereocenters. The van der Waals surface area contributed by atoms with Gasteiger partial charge in [-0.2, -0.15) is 0 Å². The minimum absolute atomic E-state index is 0.0587. The smallest absolute Gasteiger partial charge is 0.261 e. The number of anilines is 1. The third-order valence-corrected chi connectivity index (χ3v) is 5.13. The molecule has 0 aliphatic heterocycles. The number of carbonyl (C=O) groups is 1. The van der Waals surface area contributed by atoms with Crippen LogP contribution in [0.3, 0.4) is 0 Å². The molecule has 2 heterocycles. The van der Waals surface area contributed by atoms with Gasteiger partial charge in [-0.15, -0.1) is 0 Å². The number of aromatic nitrogens is 3. The number of nitrogens with one attached hydrogen (secondary N) is 1. The molecule has 1 amide bonds. The molecule has 4 aromatic rings. The van der Waals surface area contributed by atoms with E-state index in [0.29, 0.717) is 36.3 Å². The van der Waals surface area contributed by atoms with E-state index in [0.717, 1.165) is 16.6 Å². The van der Waals surface area contributed by atoms with Crippen LogP contribution >= 0.6 is 0 Å². The molecule has 0 bridgehead atoms. The number of rotatable bonds is 6. The number of aryl methyl sites for hydroxylation is 1. The van der Waals surface area contributed by atoms with Crippen LogP contribution < -0.4 is 10.9 Å². The van der Waals surface area contributed by atoms with E-state index >= 15 is 0 Å². The number of hydrogen-bond donors (Lipinski definition) is 1. The lowest BCUT2D eigenvalue weighted by atomic mass is 10.2. The molecule has 148 valence electrons. The average Bonchev–Trinajstić information content (AvgIpc) is 3.15. The number of nitrogens with zero attached hydrogens (tertiary/aromatic N) is 3. The Labute approximate surface area is 168 Å². The maximum atomic E-state index is 12.5. The van der Waals surface area contributed by atoms with Gasteiger partial charge in [-0.05, 0) is 50.6 Å². The maximum absolute atomic E-state index is 12.5. The number of fused-ring (bicyclic) bond motifs is 2. The number of para-hydroxylation sites is 1. The minimum atomic E-state index is -0.0733. The molecule has 0 aliphatic rings. The first kappa shape index (κ1) is 18.9. The predicted molar refractivity (Wildman–Crippen MR) is 116 cm³/mol. The van der Waals surface area contributed by atoms with Gasteiger partial charge in [-0.1, -0.05) is 18.2 Å². The van der Waals surface area contributed by atoms with Crippen molar-refractivity contribution in [1.29, 1.82) is 0 Å². The molecule has 2 aromatic heterocycles. The molecule has 29 heavy (non-hydrogen) atoms. The Balaban J connectivity index is 1.42. The van der Waals surface area contributed by atoms with Crippen molar-refractivity contribution < 1.29 is 4.79 Å². The summed E-state index contributed by atoms with van der Waals surface area (Å²) < 4.78 is 3.75. The Kier molecular flexibility index (Phi) is 5.16. The van der Waals surface area contributed by atoms with E-state index in [1.54, 1.807) is 17.0 Å². The Hall–Kier alpha value is -3.41. The fourth-order valence-corrected chi connectivity index (χ4v) is 3.64. The number of amides is 1. The summed E-state index contributed by atoms with van der Waals surface area (Å²) in [6.45, 7) is 4.72. The molecule has 0 spiro atoms. The topological polar surface area (TPSA) is 68.9 Å². The number of benzene rings is 2. The zero-order valence-corrected chi connectivity index (χ0v) is 16.6. The quantitative estimate of drug-likeness (QED) is 0.534. The van der Waals surface area contributed by atoms with E-state index in [4.69, 9.17) is 0 Å². The summed E-state index contributed by atoms with van der Waals surface area (Å²) in [4.78, 5) is 29.3. The van der Waals surface area contributed by atoms with Crippen molar-refractivity contribution in [2.75, 3.05) is 5.32 Å². The SMILES string of the molecule is CC(C)n1ccc2c(NC(=O)CCCn3cnc4ccccc4c3=O)cccc21.